The molecular weight excluding hydrogens is 222 g/mol. The fraction of sp³-hybridized carbons (Fsp3) is 0.562. The third-order valence-corrected chi connectivity index (χ3v) is 4.95. The summed E-state index contributed by atoms with van der Waals surface area (Å²) in [6.45, 7) is 2.02. The molecule has 0 aromatic heterocycles. The van der Waals surface area contributed by atoms with Crippen LogP contribution < -0.4 is 0 Å². The van der Waals surface area contributed by atoms with Gasteiger partial charge in [0.1, 0.15) is 0 Å². The molecule has 4 unspecified atom stereocenters. The number of benzene rings is 1. The van der Waals surface area contributed by atoms with E-state index in [1.165, 1.54) is 6.42 Å². The van der Waals surface area contributed by atoms with Gasteiger partial charge in [0.15, 0.2) is 0 Å². The number of hydrogen-bond donors (Lipinski definition) is 1. The summed E-state index contributed by atoms with van der Waals surface area (Å²) in [5.41, 5.74) is 1.52. The van der Waals surface area contributed by atoms with Crippen LogP contribution in [0.1, 0.15) is 42.9 Å². The lowest BCUT2D eigenvalue weighted by atomic mass is 9.68. The van der Waals surface area contributed by atoms with Crippen LogP contribution in [0.25, 0.3) is 0 Å². The second-order valence-corrected chi connectivity index (χ2v) is 6.05. The van der Waals surface area contributed by atoms with E-state index in [2.05, 4.69) is 6.07 Å². The van der Waals surface area contributed by atoms with Crippen LogP contribution in [-0.4, -0.2) is 5.11 Å². The Hall–Kier alpha value is -1.33. The second-order valence-electron chi connectivity index (χ2n) is 6.05. The van der Waals surface area contributed by atoms with Gasteiger partial charge >= 0.3 is 0 Å². The Bertz CT molecular complexity index is 504. The van der Waals surface area contributed by atoms with Gasteiger partial charge in [0.25, 0.3) is 0 Å². The van der Waals surface area contributed by atoms with E-state index in [1.807, 2.05) is 31.2 Å². The van der Waals surface area contributed by atoms with Gasteiger partial charge in [0, 0.05) is 0 Å². The normalized spacial score (nSPS) is 35.4. The van der Waals surface area contributed by atoms with Crippen molar-refractivity contribution < 1.29 is 5.11 Å². The monoisotopic (exact) mass is 241 g/mol. The first-order chi connectivity index (χ1) is 8.65. The van der Waals surface area contributed by atoms with Crippen LogP contribution in [0.4, 0.5) is 0 Å². The molecule has 2 heteroatoms. The average Bonchev–Trinajstić information content (AvgIpc) is 2.98. The fourth-order valence-corrected chi connectivity index (χ4v) is 4.04. The summed E-state index contributed by atoms with van der Waals surface area (Å²) in [4.78, 5) is 0. The van der Waals surface area contributed by atoms with Gasteiger partial charge in [-0.15, -0.1) is 0 Å². The molecule has 18 heavy (non-hydrogen) atoms. The molecule has 2 bridgehead atoms. The molecular formula is C16H19NO. The molecule has 0 amide bonds. The van der Waals surface area contributed by atoms with Crippen molar-refractivity contribution in [2.45, 2.75) is 38.7 Å². The number of rotatable bonds is 2. The van der Waals surface area contributed by atoms with Gasteiger partial charge in [0.2, 0.25) is 0 Å². The first-order valence-electron chi connectivity index (χ1n) is 6.81. The molecule has 4 atom stereocenters. The highest BCUT2D eigenvalue weighted by molar-refractivity contribution is 5.29. The summed E-state index contributed by atoms with van der Waals surface area (Å²) in [5, 5.41) is 20.3. The highest BCUT2D eigenvalue weighted by Gasteiger charge is 2.55. The fourth-order valence-electron chi connectivity index (χ4n) is 4.04. The SMILES string of the molecule is Cc1cccc(C(O)C2(C#N)CC3CCC2C3)c1. The number of hydrogen-bond acceptors (Lipinski definition) is 2. The number of nitrogens with zero attached hydrogens (tertiary/aromatic N) is 1. The van der Waals surface area contributed by atoms with Gasteiger partial charge in [-0.2, -0.15) is 5.26 Å². The molecule has 2 aliphatic carbocycles. The molecule has 0 spiro atoms. The lowest BCUT2D eigenvalue weighted by Gasteiger charge is -2.35. The first-order valence-corrected chi connectivity index (χ1v) is 6.81. The summed E-state index contributed by atoms with van der Waals surface area (Å²) in [6.07, 6.45) is 3.74. The Balaban J connectivity index is 1.96. The molecule has 1 aromatic rings. The van der Waals surface area contributed by atoms with Gasteiger partial charge < -0.3 is 5.11 Å². The molecule has 0 saturated heterocycles. The molecule has 0 heterocycles. The van der Waals surface area contributed by atoms with E-state index in [0.29, 0.717) is 11.8 Å². The number of aliphatic hydroxyl groups excluding tert-OH is 1. The van der Waals surface area contributed by atoms with Crippen LogP contribution in [-0.2, 0) is 0 Å². The third kappa shape index (κ3) is 1.58. The van der Waals surface area contributed by atoms with Gasteiger partial charge in [-0.25, -0.2) is 0 Å². The maximum atomic E-state index is 10.7. The van der Waals surface area contributed by atoms with Gasteiger partial charge in [0.05, 0.1) is 17.6 Å². The Labute approximate surface area is 108 Å². The van der Waals surface area contributed by atoms with Crippen LogP contribution in [0.2, 0.25) is 0 Å². The highest BCUT2D eigenvalue weighted by atomic mass is 16.3. The van der Waals surface area contributed by atoms with Crippen molar-refractivity contribution in [2.24, 2.45) is 17.3 Å². The topological polar surface area (TPSA) is 44.0 Å². The average molecular weight is 241 g/mol. The van der Waals surface area contributed by atoms with E-state index < -0.39 is 11.5 Å². The molecule has 3 rings (SSSR count). The maximum Gasteiger partial charge on any atom is 0.0979 e. The summed E-state index contributed by atoms with van der Waals surface area (Å²) < 4.78 is 0. The third-order valence-electron chi connectivity index (χ3n) is 4.95. The minimum Gasteiger partial charge on any atom is -0.387 e. The molecule has 94 valence electrons. The summed E-state index contributed by atoms with van der Waals surface area (Å²) in [5.74, 6) is 1.05. The smallest absolute Gasteiger partial charge is 0.0979 e. The van der Waals surface area contributed by atoms with Crippen LogP contribution >= 0.6 is 0 Å². The van der Waals surface area contributed by atoms with Crippen molar-refractivity contribution in [1.82, 2.24) is 0 Å². The molecule has 2 nitrogen and oxygen atoms in total. The van der Waals surface area contributed by atoms with E-state index in [1.54, 1.807) is 0 Å². The first kappa shape index (κ1) is 11.7. The molecule has 2 fully saturated rings. The molecule has 0 radical (unpaired) electrons. The molecule has 1 N–H and O–H groups in total. The molecule has 0 aliphatic heterocycles. The van der Waals surface area contributed by atoms with Crippen molar-refractivity contribution in [2.75, 3.05) is 0 Å². The van der Waals surface area contributed by atoms with Crippen molar-refractivity contribution in [1.29, 1.82) is 5.26 Å². The van der Waals surface area contributed by atoms with Gasteiger partial charge in [-0.05, 0) is 43.6 Å². The van der Waals surface area contributed by atoms with Crippen molar-refractivity contribution in [3.63, 3.8) is 0 Å². The van der Waals surface area contributed by atoms with E-state index in [-0.39, 0.29) is 0 Å². The van der Waals surface area contributed by atoms with Crippen LogP contribution in [0.3, 0.4) is 0 Å². The lowest BCUT2D eigenvalue weighted by Crippen LogP contribution is -2.33. The number of nitriles is 1. The highest BCUT2D eigenvalue weighted by Crippen LogP contribution is 2.60. The van der Waals surface area contributed by atoms with E-state index >= 15 is 0 Å². The number of aliphatic hydroxyl groups is 1. The van der Waals surface area contributed by atoms with Gasteiger partial charge in [-0.1, -0.05) is 36.2 Å². The van der Waals surface area contributed by atoms with Crippen molar-refractivity contribution >= 4 is 0 Å². The summed E-state index contributed by atoms with van der Waals surface area (Å²) >= 11 is 0. The minimum atomic E-state index is -0.627. The molecule has 2 saturated carbocycles. The van der Waals surface area contributed by atoms with Crippen LogP contribution in [0.5, 0.6) is 0 Å². The lowest BCUT2D eigenvalue weighted by molar-refractivity contribution is 0.0233. The van der Waals surface area contributed by atoms with E-state index in [0.717, 1.165) is 30.4 Å². The van der Waals surface area contributed by atoms with Crippen LogP contribution in [0, 0.1) is 35.5 Å². The van der Waals surface area contributed by atoms with E-state index in [9.17, 15) is 10.4 Å². The maximum absolute atomic E-state index is 10.7. The van der Waals surface area contributed by atoms with Crippen LogP contribution in [0.15, 0.2) is 24.3 Å². The Morgan fingerprint density at radius 3 is 2.83 bits per heavy atom. The zero-order valence-corrected chi connectivity index (χ0v) is 10.8. The molecule has 2 aliphatic rings. The zero-order chi connectivity index (χ0) is 12.8. The summed E-state index contributed by atoms with van der Waals surface area (Å²) in [6, 6.07) is 10.4. The number of aryl methyl sites for hydroxylation is 1. The van der Waals surface area contributed by atoms with Crippen molar-refractivity contribution in [3.05, 3.63) is 35.4 Å². The number of fused-ring (bicyclic) bond motifs is 2. The van der Waals surface area contributed by atoms with Gasteiger partial charge in [-0.3, -0.25) is 0 Å². The minimum absolute atomic E-state index is 0.392. The van der Waals surface area contributed by atoms with E-state index in [4.69, 9.17) is 0 Å². The van der Waals surface area contributed by atoms with Crippen molar-refractivity contribution in [3.8, 4) is 6.07 Å². The Kier molecular flexibility index (Phi) is 2.68. The Morgan fingerprint density at radius 1 is 1.44 bits per heavy atom. The molecule has 1 aromatic carbocycles. The summed E-state index contributed by atoms with van der Waals surface area (Å²) in [7, 11) is 0. The largest absolute Gasteiger partial charge is 0.387 e. The predicted octanol–water partition coefficient (Wildman–Crippen LogP) is 3.36. The second kappa shape index (κ2) is 4.10. The predicted molar refractivity (Wildman–Crippen MR) is 69.6 cm³/mol. The zero-order valence-electron chi connectivity index (χ0n) is 10.8. The standard InChI is InChI=1S/C16H19NO/c1-11-3-2-4-13(7-11)15(18)16(10-17)9-12-5-6-14(16)8-12/h2-4,7,12,14-15,18H,5-6,8-9H2,1H3. The Morgan fingerprint density at radius 2 is 2.28 bits per heavy atom. The quantitative estimate of drug-likeness (QED) is 0.862.